The molecule has 28 heavy (non-hydrogen) atoms. The number of hydrogen-bond acceptors (Lipinski definition) is 4. The van der Waals surface area contributed by atoms with E-state index in [1.807, 2.05) is 4.90 Å². The second-order valence-corrected chi connectivity index (χ2v) is 6.00. The number of rotatable bonds is 3. The van der Waals surface area contributed by atoms with E-state index < -0.39 is 29.8 Å². The number of nitrogens with zero attached hydrogens (tertiary/aromatic N) is 1. The molecular formula is C15H16ClF6N3O3. The number of halogens is 7. The van der Waals surface area contributed by atoms with Crippen molar-refractivity contribution in [1.82, 2.24) is 10.2 Å². The maximum absolute atomic E-state index is 12.9. The minimum atomic E-state index is -5.08. The zero-order valence-electron chi connectivity index (χ0n) is 14.1. The maximum Gasteiger partial charge on any atom is 0.490 e. The van der Waals surface area contributed by atoms with Gasteiger partial charge >= 0.3 is 18.3 Å². The number of benzene rings is 1. The van der Waals surface area contributed by atoms with Crippen molar-refractivity contribution < 1.29 is 41.0 Å². The largest absolute Gasteiger partial charge is 0.490 e. The van der Waals surface area contributed by atoms with Gasteiger partial charge in [0.2, 0.25) is 5.91 Å². The molecule has 0 bridgehead atoms. The number of nitrogens with one attached hydrogen (secondary N) is 2. The lowest BCUT2D eigenvalue weighted by atomic mass is 10.1. The summed E-state index contributed by atoms with van der Waals surface area (Å²) in [6.45, 7) is 2.99. The average molecular weight is 436 g/mol. The standard InChI is InChI=1S/C13H15ClF3N3O.C2HF3O2/c14-9-1-2-11(10(7-9)13(15,16)17)19-12(21)8-20-5-3-18-4-6-20;3-2(4,5)1(6)7/h1-2,7,18H,3-6,8H2,(H,19,21);(H,6,7). The third kappa shape index (κ3) is 8.31. The molecule has 1 saturated heterocycles. The normalized spacial score (nSPS) is 15.4. The van der Waals surface area contributed by atoms with Gasteiger partial charge < -0.3 is 15.7 Å². The predicted octanol–water partition coefficient (Wildman–Crippen LogP) is 2.84. The van der Waals surface area contributed by atoms with Gasteiger partial charge in [0.05, 0.1) is 17.8 Å². The van der Waals surface area contributed by atoms with E-state index in [2.05, 4.69) is 10.6 Å². The number of amides is 1. The molecule has 0 aromatic heterocycles. The Bertz CT molecular complexity index is 691. The summed E-state index contributed by atoms with van der Waals surface area (Å²) in [7, 11) is 0. The van der Waals surface area contributed by atoms with Crippen molar-refractivity contribution in [3.8, 4) is 0 Å². The number of aliphatic carboxylic acids is 1. The molecule has 0 saturated carbocycles. The van der Waals surface area contributed by atoms with Gasteiger partial charge in [0, 0.05) is 31.2 Å². The first-order chi connectivity index (χ1) is 12.8. The van der Waals surface area contributed by atoms with Crippen LogP contribution in [-0.2, 0) is 15.8 Å². The number of carbonyl (C=O) groups excluding carboxylic acids is 1. The van der Waals surface area contributed by atoms with E-state index in [0.29, 0.717) is 13.1 Å². The van der Waals surface area contributed by atoms with Crippen LogP contribution in [0.4, 0.5) is 32.0 Å². The van der Waals surface area contributed by atoms with Crippen LogP contribution in [-0.4, -0.2) is 60.8 Å². The number of hydrogen-bond donors (Lipinski definition) is 3. The molecule has 1 aliphatic heterocycles. The lowest BCUT2D eigenvalue weighted by molar-refractivity contribution is -0.192. The monoisotopic (exact) mass is 435 g/mol. The number of alkyl halides is 6. The molecule has 0 aliphatic carbocycles. The van der Waals surface area contributed by atoms with Gasteiger partial charge in [-0.1, -0.05) is 11.6 Å². The first-order valence-corrected chi connectivity index (χ1v) is 8.08. The number of carboxylic acids is 1. The number of carbonyl (C=O) groups is 2. The third-order valence-corrected chi connectivity index (χ3v) is 3.62. The molecule has 6 nitrogen and oxygen atoms in total. The number of anilines is 1. The second-order valence-electron chi connectivity index (χ2n) is 5.56. The topological polar surface area (TPSA) is 81.7 Å². The summed E-state index contributed by atoms with van der Waals surface area (Å²) < 4.78 is 70.5. The third-order valence-electron chi connectivity index (χ3n) is 3.38. The van der Waals surface area contributed by atoms with Crippen molar-refractivity contribution in [3.05, 3.63) is 28.8 Å². The Morgan fingerprint density at radius 2 is 1.68 bits per heavy atom. The molecule has 1 aromatic carbocycles. The van der Waals surface area contributed by atoms with Crippen LogP contribution in [0.25, 0.3) is 0 Å². The van der Waals surface area contributed by atoms with Crippen LogP contribution in [0.5, 0.6) is 0 Å². The fraction of sp³-hybridized carbons (Fsp3) is 0.467. The molecule has 2 rings (SSSR count). The molecule has 3 N–H and O–H groups in total. The van der Waals surface area contributed by atoms with Crippen LogP contribution >= 0.6 is 11.6 Å². The van der Waals surface area contributed by atoms with Crippen LogP contribution < -0.4 is 10.6 Å². The highest BCUT2D eigenvalue weighted by Gasteiger charge is 2.38. The summed E-state index contributed by atoms with van der Waals surface area (Å²) in [5, 5.41) is 12.5. The SMILES string of the molecule is O=C(CN1CCNCC1)Nc1ccc(Cl)cc1C(F)(F)F.O=C(O)C(F)(F)F. The van der Waals surface area contributed by atoms with E-state index in [0.717, 1.165) is 19.2 Å². The van der Waals surface area contributed by atoms with Crippen LogP contribution in [0.15, 0.2) is 18.2 Å². The summed E-state index contributed by atoms with van der Waals surface area (Å²) >= 11 is 5.59. The Morgan fingerprint density at radius 3 is 2.14 bits per heavy atom. The highest BCUT2D eigenvalue weighted by atomic mass is 35.5. The van der Waals surface area contributed by atoms with Gasteiger partial charge in [-0.2, -0.15) is 26.3 Å². The van der Waals surface area contributed by atoms with Gasteiger partial charge in [-0.25, -0.2) is 4.79 Å². The summed E-state index contributed by atoms with van der Waals surface area (Å²) in [6, 6.07) is 3.29. The number of piperazine rings is 1. The molecule has 0 spiro atoms. The van der Waals surface area contributed by atoms with Gasteiger partial charge in [-0.15, -0.1) is 0 Å². The fourth-order valence-electron chi connectivity index (χ4n) is 2.12. The molecule has 13 heteroatoms. The first kappa shape index (κ1) is 24.0. The van der Waals surface area contributed by atoms with E-state index in [1.165, 1.54) is 12.1 Å². The van der Waals surface area contributed by atoms with Crippen molar-refractivity contribution in [3.63, 3.8) is 0 Å². The summed E-state index contributed by atoms with van der Waals surface area (Å²) in [6.07, 6.45) is -9.65. The highest BCUT2D eigenvalue weighted by molar-refractivity contribution is 6.30. The van der Waals surface area contributed by atoms with Gasteiger partial charge in [0.1, 0.15) is 0 Å². The van der Waals surface area contributed by atoms with Crippen LogP contribution in [0.2, 0.25) is 5.02 Å². The highest BCUT2D eigenvalue weighted by Crippen LogP contribution is 2.36. The lowest BCUT2D eigenvalue weighted by Gasteiger charge is -2.26. The molecule has 1 amide bonds. The first-order valence-electron chi connectivity index (χ1n) is 7.70. The van der Waals surface area contributed by atoms with Gasteiger partial charge in [-0.3, -0.25) is 9.69 Å². The van der Waals surface area contributed by atoms with E-state index in [9.17, 15) is 31.1 Å². The van der Waals surface area contributed by atoms with Gasteiger partial charge in [0.25, 0.3) is 0 Å². The lowest BCUT2D eigenvalue weighted by Crippen LogP contribution is -2.46. The van der Waals surface area contributed by atoms with Crippen LogP contribution in [0, 0.1) is 0 Å². The molecule has 1 aliphatic rings. The predicted molar refractivity (Wildman–Crippen MR) is 88.1 cm³/mol. The Morgan fingerprint density at radius 1 is 1.14 bits per heavy atom. The Labute approximate surface area is 160 Å². The van der Waals surface area contributed by atoms with Crippen molar-refractivity contribution in [2.75, 3.05) is 38.0 Å². The summed E-state index contributed by atoms with van der Waals surface area (Å²) in [5.41, 5.74) is -1.21. The maximum atomic E-state index is 12.9. The Balaban J connectivity index is 0.000000480. The van der Waals surface area contributed by atoms with E-state index in [1.54, 1.807) is 0 Å². The molecule has 1 aromatic rings. The number of carboxylic acid groups (broad SMARTS) is 1. The molecular weight excluding hydrogens is 420 g/mol. The molecule has 1 heterocycles. The second kappa shape index (κ2) is 9.94. The minimum absolute atomic E-state index is 0.0255. The van der Waals surface area contributed by atoms with Crippen molar-refractivity contribution >= 4 is 29.2 Å². The smallest absolute Gasteiger partial charge is 0.475 e. The van der Waals surface area contributed by atoms with Crippen molar-refractivity contribution in [2.45, 2.75) is 12.4 Å². The summed E-state index contributed by atoms with van der Waals surface area (Å²) in [5.74, 6) is -3.22. The molecule has 158 valence electrons. The van der Waals surface area contributed by atoms with Crippen molar-refractivity contribution in [1.29, 1.82) is 0 Å². The minimum Gasteiger partial charge on any atom is -0.475 e. The quantitative estimate of drug-likeness (QED) is 0.636. The zero-order chi connectivity index (χ0) is 21.5. The van der Waals surface area contributed by atoms with E-state index >= 15 is 0 Å². The molecule has 0 unspecified atom stereocenters. The molecule has 0 atom stereocenters. The Kier molecular flexibility index (Phi) is 8.51. The molecule has 1 fully saturated rings. The zero-order valence-corrected chi connectivity index (χ0v) is 14.9. The fourth-order valence-corrected chi connectivity index (χ4v) is 2.29. The molecule has 0 radical (unpaired) electrons. The van der Waals surface area contributed by atoms with Gasteiger partial charge in [-0.05, 0) is 18.2 Å². The van der Waals surface area contributed by atoms with Crippen LogP contribution in [0.3, 0.4) is 0 Å². The summed E-state index contributed by atoms with van der Waals surface area (Å²) in [4.78, 5) is 22.7. The van der Waals surface area contributed by atoms with Crippen molar-refractivity contribution in [2.24, 2.45) is 0 Å². The average Bonchev–Trinajstić information content (AvgIpc) is 2.56. The Hall–Kier alpha value is -2.05. The van der Waals surface area contributed by atoms with Crippen LogP contribution in [0.1, 0.15) is 5.56 Å². The van der Waals surface area contributed by atoms with E-state index in [4.69, 9.17) is 21.5 Å². The van der Waals surface area contributed by atoms with Gasteiger partial charge in [0.15, 0.2) is 0 Å². The van der Waals surface area contributed by atoms with E-state index in [-0.39, 0.29) is 17.3 Å².